The fraction of sp³-hybridized carbons (Fsp3) is 0.632. The van der Waals surface area contributed by atoms with Gasteiger partial charge in [-0.15, -0.1) is 0 Å². The topological polar surface area (TPSA) is 41.1 Å². The Morgan fingerprint density at radius 2 is 1.77 bits per heavy atom. The number of hydrogen-bond donors (Lipinski definition) is 2. The summed E-state index contributed by atoms with van der Waals surface area (Å²) in [6, 6.07) is 6.78. The molecule has 2 atom stereocenters. The summed E-state index contributed by atoms with van der Waals surface area (Å²) in [5, 5.41) is 6.59. The number of rotatable bonds is 6. The third-order valence-electron chi connectivity index (χ3n) is 4.90. The number of anilines is 1. The van der Waals surface area contributed by atoms with E-state index in [0.717, 1.165) is 18.5 Å². The molecule has 22 heavy (non-hydrogen) atoms. The van der Waals surface area contributed by atoms with E-state index in [0.29, 0.717) is 18.5 Å². The molecule has 0 spiro atoms. The van der Waals surface area contributed by atoms with Gasteiger partial charge in [-0.05, 0) is 42.7 Å². The van der Waals surface area contributed by atoms with Gasteiger partial charge in [0.2, 0.25) is 5.91 Å². The number of benzene rings is 1. The van der Waals surface area contributed by atoms with Gasteiger partial charge in [0.25, 0.3) is 0 Å². The predicted octanol–water partition coefficient (Wildman–Crippen LogP) is 3.92. The van der Waals surface area contributed by atoms with Crippen LogP contribution < -0.4 is 10.6 Å². The van der Waals surface area contributed by atoms with Crippen LogP contribution in [0.5, 0.6) is 0 Å². The maximum atomic E-state index is 12.3. The quantitative estimate of drug-likeness (QED) is 0.836. The summed E-state index contributed by atoms with van der Waals surface area (Å²) in [6.07, 6.45) is 6.96. The zero-order valence-electron chi connectivity index (χ0n) is 14.2. The average Bonchev–Trinajstić information content (AvgIpc) is 2.54. The van der Waals surface area contributed by atoms with Crippen molar-refractivity contribution in [2.24, 2.45) is 5.92 Å². The van der Waals surface area contributed by atoms with E-state index < -0.39 is 0 Å². The molecule has 2 N–H and O–H groups in total. The standard InChI is InChI=1S/C19H30N2O/c1-4-15-10-8-11-16(5-2)19(15)21-18(22)13-20-17-12-7-6-9-14(17)3/h8,10-11,14,17,20H,4-7,9,12-13H2,1-3H3,(H,21,22)/t14-,17+/m1/s1. The second-order valence-electron chi connectivity index (χ2n) is 6.46. The van der Waals surface area contributed by atoms with Gasteiger partial charge in [-0.1, -0.05) is 51.8 Å². The van der Waals surface area contributed by atoms with Crippen molar-refractivity contribution in [1.29, 1.82) is 0 Å². The molecule has 1 saturated carbocycles. The van der Waals surface area contributed by atoms with E-state index in [2.05, 4.69) is 49.6 Å². The summed E-state index contributed by atoms with van der Waals surface area (Å²) in [5.74, 6) is 0.754. The molecule has 1 aliphatic rings. The lowest BCUT2D eigenvalue weighted by atomic mass is 9.86. The summed E-state index contributed by atoms with van der Waals surface area (Å²) in [4.78, 5) is 12.3. The Bertz CT molecular complexity index is 476. The SMILES string of the molecule is CCc1cccc(CC)c1NC(=O)CN[C@H]1CCCC[C@H]1C. The minimum atomic E-state index is 0.0772. The molecule has 1 aromatic carbocycles. The van der Waals surface area contributed by atoms with E-state index in [1.807, 2.05) is 0 Å². The normalized spacial score (nSPS) is 21.6. The van der Waals surface area contributed by atoms with E-state index in [9.17, 15) is 4.79 Å². The molecular weight excluding hydrogens is 272 g/mol. The van der Waals surface area contributed by atoms with Crippen molar-refractivity contribution in [3.05, 3.63) is 29.3 Å². The molecule has 0 saturated heterocycles. The fourth-order valence-electron chi connectivity index (χ4n) is 3.43. The van der Waals surface area contributed by atoms with Gasteiger partial charge in [-0.3, -0.25) is 4.79 Å². The molecule has 1 aliphatic carbocycles. The highest BCUT2D eigenvalue weighted by Gasteiger charge is 2.21. The molecule has 0 bridgehead atoms. The number of carbonyl (C=O) groups excluding carboxylic acids is 1. The van der Waals surface area contributed by atoms with Crippen molar-refractivity contribution in [3.8, 4) is 0 Å². The Kier molecular flexibility index (Phi) is 6.44. The molecule has 0 heterocycles. The zero-order chi connectivity index (χ0) is 15.9. The first-order valence-corrected chi connectivity index (χ1v) is 8.79. The first-order valence-electron chi connectivity index (χ1n) is 8.79. The molecule has 0 unspecified atom stereocenters. The third kappa shape index (κ3) is 4.33. The van der Waals surface area contributed by atoms with Crippen LogP contribution in [0.4, 0.5) is 5.69 Å². The van der Waals surface area contributed by atoms with Crippen LogP contribution in [0.25, 0.3) is 0 Å². The zero-order valence-corrected chi connectivity index (χ0v) is 14.2. The fourth-order valence-corrected chi connectivity index (χ4v) is 3.43. The molecule has 3 heteroatoms. The van der Waals surface area contributed by atoms with Crippen molar-refractivity contribution in [1.82, 2.24) is 5.32 Å². The van der Waals surface area contributed by atoms with Crippen LogP contribution in [0.3, 0.4) is 0 Å². The molecule has 1 aromatic rings. The predicted molar refractivity (Wildman–Crippen MR) is 93.3 cm³/mol. The van der Waals surface area contributed by atoms with Crippen LogP contribution in [-0.4, -0.2) is 18.5 Å². The van der Waals surface area contributed by atoms with Crippen LogP contribution in [-0.2, 0) is 17.6 Å². The highest BCUT2D eigenvalue weighted by Crippen LogP contribution is 2.24. The molecule has 2 rings (SSSR count). The minimum absolute atomic E-state index is 0.0772. The van der Waals surface area contributed by atoms with Crippen molar-refractivity contribution >= 4 is 11.6 Å². The molecular formula is C19H30N2O. The minimum Gasteiger partial charge on any atom is -0.324 e. The average molecular weight is 302 g/mol. The lowest BCUT2D eigenvalue weighted by Crippen LogP contribution is -2.41. The monoisotopic (exact) mass is 302 g/mol. The Labute approximate surface area is 134 Å². The van der Waals surface area contributed by atoms with Crippen molar-refractivity contribution in [2.45, 2.75) is 65.3 Å². The summed E-state index contributed by atoms with van der Waals surface area (Å²) in [6.45, 7) is 6.96. The van der Waals surface area contributed by atoms with Crippen LogP contribution in [0.2, 0.25) is 0 Å². The number of amides is 1. The van der Waals surface area contributed by atoms with Crippen LogP contribution in [0.1, 0.15) is 57.6 Å². The first kappa shape index (κ1) is 17.0. The molecule has 122 valence electrons. The summed E-state index contributed by atoms with van der Waals surface area (Å²) < 4.78 is 0. The molecule has 3 nitrogen and oxygen atoms in total. The lowest BCUT2D eigenvalue weighted by molar-refractivity contribution is -0.115. The number of para-hydroxylation sites is 1. The van der Waals surface area contributed by atoms with Gasteiger partial charge >= 0.3 is 0 Å². The number of carbonyl (C=O) groups is 1. The Morgan fingerprint density at radius 3 is 2.36 bits per heavy atom. The molecule has 1 amide bonds. The van der Waals surface area contributed by atoms with Crippen molar-refractivity contribution in [2.75, 3.05) is 11.9 Å². The van der Waals surface area contributed by atoms with Gasteiger partial charge in [0.15, 0.2) is 0 Å². The second-order valence-corrected chi connectivity index (χ2v) is 6.46. The van der Waals surface area contributed by atoms with Crippen molar-refractivity contribution < 1.29 is 4.79 Å². The van der Waals surface area contributed by atoms with Crippen LogP contribution in [0.15, 0.2) is 18.2 Å². The number of aryl methyl sites for hydroxylation is 2. The molecule has 1 fully saturated rings. The first-order chi connectivity index (χ1) is 10.7. The third-order valence-corrected chi connectivity index (χ3v) is 4.90. The van der Waals surface area contributed by atoms with Gasteiger partial charge in [0.05, 0.1) is 6.54 Å². The second kappa shape index (κ2) is 8.33. The lowest BCUT2D eigenvalue weighted by Gasteiger charge is -2.29. The van der Waals surface area contributed by atoms with Gasteiger partial charge in [0.1, 0.15) is 0 Å². The molecule has 0 aromatic heterocycles. The highest BCUT2D eigenvalue weighted by molar-refractivity contribution is 5.93. The van der Waals surface area contributed by atoms with E-state index in [4.69, 9.17) is 0 Å². The van der Waals surface area contributed by atoms with Gasteiger partial charge in [-0.2, -0.15) is 0 Å². The maximum Gasteiger partial charge on any atom is 0.238 e. The number of hydrogen-bond acceptors (Lipinski definition) is 2. The Balaban J connectivity index is 1.94. The smallest absolute Gasteiger partial charge is 0.238 e. The van der Waals surface area contributed by atoms with E-state index in [1.54, 1.807) is 0 Å². The summed E-state index contributed by atoms with van der Waals surface area (Å²) >= 11 is 0. The van der Waals surface area contributed by atoms with Crippen molar-refractivity contribution in [3.63, 3.8) is 0 Å². The Hall–Kier alpha value is -1.35. The van der Waals surface area contributed by atoms with Gasteiger partial charge in [0, 0.05) is 11.7 Å². The van der Waals surface area contributed by atoms with Crippen LogP contribution in [0, 0.1) is 5.92 Å². The van der Waals surface area contributed by atoms with Crippen LogP contribution >= 0.6 is 0 Å². The van der Waals surface area contributed by atoms with Gasteiger partial charge in [-0.25, -0.2) is 0 Å². The van der Waals surface area contributed by atoms with Gasteiger partial charge < -0.3 is 10.6 Å². The largest absolute Gasteiger partial charge is 0.324 e. The molecule has 0 aliphatic heterocycles. The van der Waals surface area contributed by atoms with E-state index in [-0.39, 0.29) is 5.91 Å². The molecule has 0 radical (unpaired) electrons. The van der Waals surface area contributed by atoms with E-state index in [1.165, 1.54) is 36.8 Å². The maximum absolute atomic E-state index is 12.3. The highest BCUT2D eigenvalue weighted by atomic mass is 16.1. The van der Waals surface area contributed by atoms with E-state index >= 15 is 0 Å². The number of nitrogens with one attached hydrogen (secondary N) is 2. The Morgan fingerprint density at radius 1 is 1.14 bits per heavy atom. The summed E-state index contributed by atoms with van der Waals surface area (Å²) in [5.41, 5.74) is 3.47. The summed E-state index contributed by atoms with van der Waals surface area (Å²) in [7, 11) is 0.